The van der Waals surface area contributed by atoms with Gasteiger partial charge in [-0.2, -0.15) is 0 Å². The van der Waals surface area contributed by atoms with Gasteiger partial charge in [0.15, 0.2) is 0 Å². The Morgan fingerprint density at radius 3 is 2.32 bits per heavy atom. The van der Waals surface area contributed by atoms with E-state index in [-0.39, 0.29) is 10.8 Å². The van der Waals surface area contributed by atoms with Crippen molar-refractivity contribution in [3.8, 4) is 0 Å². The molecule has 0 saturated heterocycles. The summed E-state index contributed by atoms with van der Waals surface area (Å²) in [4.78, 5) is 12.8. The number of carbonyl (C=O) groups is 1. The van der Waals surface area contributed by atoms with Gasteiger partial charge in [-0.3, -0.25) is 9.52 Å². The molecule has 0 spiro atoms. The van der Waals surface area contributed by atoms with Crippen LogP contribution in [0.3, 0.4) is 0 Å². The Morgan fingerprint density at radius 1 is 0.893 bits per heavy atom. The van der Waals surface area contributed by atoms with E-state index >= 15 is 0 Å². The van der Waals surface area contributed by atoms with Gasteiger partial charge in [0.1, 0.15) is 0 Å². The quantitative estimate of drug-likeness (QED) is 0.616. The van der Waals surface area contributed by atoms with E-state index in [4.69, 9.17) is 11.6 Å². The minimum atomic E-state index is -3.75. The number of rotatable bonds is 5. The number of amides is 1. The number of hydrogen-bond donors (Lipinski definition) is 2. The van der Waals surface area contributed by atoms with E-state index in [1.54, 1.807) is 55.5 Å². The summed E-state index contributed by atoms with van der Waals surface area (Å²) in [7, 11) is -3.75. The molecule has 0 aliphatic rings. The van der Waals surface area contributed by atoms with E-state index < -0.39 is 10.0 Å². The molecular formula is C21H19ClN2O3S. The predicted octanol–water partition coefficient (Wildman–Crippen LogP) is 5.01. The van der Waals surface area contributed by atoms with Crippen molar-refractivity contribution < 1.29 is 13.2 Å². The summed E-state index contributed by atoms with van der Waals surface area (Å²) >= 11 is 6.09. The lowest BCUT2D eigenvalue weighted by atomic mass is 10.1. The van der Waals surface area contributed by atoms with Crippen molar-refractivity contribution in [1.29, 1.82) is 0 Å². The first-order chi connectivity index (χ1) is 13.3. The second-order valence-corrected chi connectivity index (χ2v) is 8.40. The predicted molar refractivity (Wildman–Crippen MR) is 113 cm³/mol. The first kappa shape index (κ1) is 19.9. The van der Waals surface area contributed by atoms with Gasteiger partial charge >= 0.3 is 0 Å². The minimum absolute atomic E-state index is 0.152. The van der Waals surface area contributed by atoms with Crippen molar-refractivity contribution in [3.05, 3.63) is 88.4 Å². The van der Waals surface area contributed by atoms with Gasteiger partial charge in [0.05, 0.1) is 10.6 Å². The lowest BCUT2D eigenvalue weighted by molar-refractivity contribution is 0.102. The first-order valence-electron chi connectivity index (χ1n) is 8.53. The molecule has 2 N–H and O–H groups in total. The molecule has 1 amide bonds. The first-order valence-corrected chi connectivity index (χ1v) is 10.4. The largest absolute Gasteiger partial charge is 0.322 e. The van der Waals surface area contributed by atoms with Crippen LogP contribution in [0.15, 0.2) is 71.6 Å². The zero-order valence-corrected chi connectivity index (χ0v) is 16.9. The molecule has 0 bridgehead atoms. The minimum Gasteiger partial charge on any atom is -0.322 e. The van der Waals surface area contributed by atoms with Gasteiger partial charge < -0.3 is 5.32 Å². The van der Waals surface area contributed by atoms with Crippen molar-refractivity contribution >= 4 is 38.9 Å². The van der Waals surface area contributed by atoms with E-state index in [9.17, 15) is 13.2 Å². The smallest absolute Gasteiger partial charge is 0.261 e. The molecule has 0 heterocycles. The molecule has 0 aliphatic carbocycles. The molecule has 3 rings (SSSR count). The summed E-state index contributed by atoms with van der Waals surface area (Å²) in [5.74, 6) is -0.356. The molecule has 7 heteroatoms. The normalized spacial score (nSPS) is 11.1. The summed E-state index contributed by atoms with van der Waals surface area (Å²) in [6.07, 6.45) is 0. The van der Waals surface area contributed by atoms with E-state index in [1.807, 2.05) is 6.92 Å². The van der Waals surface area contributed by atoms with Gasteiger partial charge in [-0.25, -0.2) is 8.42 Å². The second kappa shape index (κ2) is 8.04. The van der Waals surface area contributed by atoms with Gasteiger partial charge in [-0.05, 0) is 61.4 Å². The molecule has 5 nitrogen and oxygen atoms in total. The van der Waals surface area contributed by atoms with Gasteiger partial charge in [0.25, 0.3) is 15.9 Å². The topological polar surface area (TPSA) is 75.3 Å². The van der Waals surface area contributed by atoms with Gasteiger partial charge in [-0.15, -0.1) is 0 Å². The van der Waals surface area contributed by atoms with Crippen molar-refractivity contribution in [3.63, 3.8) is 0 Å². The molecule has 0 atom stereocenters. The third-order valence-electron chi connectivity index (χ3n) is 4.31. The van der Waals surface area contributed by atoms with Crippen LogP contribution in [0.1, 0.15) is 21.5 Å². The summed E-state index contributed by atoms with van der Waals surface area (Å²) in [5.41, 5.74) is 2.74. The fourth-order valence-electron chi connectivity index (χ4n) is 2.61. The van der Waals surface area contributed by atoms with Crippen LogP contribution in [-0.2, 0) is 10.0 Å². The number of nitrogens with one attached hydrogen (secondary N) is 2. The SMILES string of the molecule is Cc1ccc(C(=O)Nc2cccc(Cl)c2C)cc1NS(=O)(=O)c1ccccc1. The van der Waals surface area contributed by atoms with Crippen LogP contribution in [-0.4, -0.2) is 14.3 Å². The number of anilines is 2. The Hall–Kier alpha value is -2.83. The maximum atomic E-state index is 12.6. The van der Waals surface area contributed by atoms with Gasteiger partial charge in [0, 0.05) is 16.3 Å². The average molecular weight is 415 g/mol. The molecule has 144 valence electrons. The molecule has 28 heavy (non-hydrogen) atoms. The number of aryl methyl sites for hydroxylation is 1. The molecular weight excluding hydrogens is 396 g/mol. The molecule has 0 aliphatic heterocycles. The molecule has 0 saturated carbocycles. The zero-order valence-electron chi connectivity index (χ0n) is 15.4. The maximum absolute atomic E-state index is 12.6. The Labute approximate surface area is 169 Å². The molecule has 3 aromatic rings. The van der Waals surface area contributed by atoms with Crippen molar-refractivity contribution in [2.75, 3.05) is 10.0 Å². The highest BCUT2D eigenvalue weighted by molar-refractivity contribution is 7.92. The number of sulfonamides is 1. The monoisotopic (exact) mass is 414 g/mol. The van der Waals surface area contributed by atoms with Crippen molar-refractivity contribution in [2.24, 2.45) is 0 Å². The van der Waals surface area contributed by atoms with Crippen LogP contribution in [0.5, 0.6) is 0 Å². The Morgan fingerprint density at radius 2 is 1.61 bits per heavy atom. The zero-order chi connectivity index (χ0) is 20.3. The summed E-state index contributed by atoms with van der Waals surface area (Å²) in [5, 5.41) is 3.36. The number of halogens is 1. The Kier molecular flexibility index (Phi) is 5.72. The fourth-order valence-corrected chi connectivity index (χ4v) is 3.93. The lowest BCUT2D eigenvalue weighted by Gasteiger charge is -2.13. The van der Waals surface area contributed by atoms with E-state index in [1.165, 1.54) is 18.2 Å². The molecule has 0 unspecified atom stereocenters. The molecule has 0 aromatic heterocycles. The number of benzene rings is 3. The van der Waals surface area contributed by atoms with Crippen molar-refractivity contribution in [2.45, 2.75) is 18.7 Å². The average Bonchev–Trinajstić information content (AvgIpc) is 2.67. The van der Waals surface area contributed by atoms with Crippen LogP contribution >= 0.6 is 11.6 Å². The molecule has 0 fully saturated rings. The Bertz CT molecular complexity index is 1130. The van der Waals surface area contributed by atoms with Gasteiger partial charge in [0.2, 0.25) is 0 Å². The third-order valence-corrected chi connectivity index (χ3v) is 6.10. The van der Waals surface area contributed by atoms with Gasteiger partial charge in [-0.1, -0.05) is 41.9 Å². The van der Waals surface area contributed by atoms with Crippen molar-refractivity contribution in [1.82, 2.24) is 0 Å². The standard InChI is InChI=1S/C21H19ClN2O3S/c1-14-11-12-16(21(25)23-19-10-6-9-18(22)15(19)2)13-20(14)24-28(26,27)17-7-4-3-5-8-17/h3-13,24H,1-2H3,(H,23,25). The maximum Gasteiger partial charge on any atom is 0.261 e. The summed E-state index contributed by atoms with van der Waals surface area (Å²) in [6.45, 7) is 3.58. The van der Waals surface area contributed by atoms with Crippen LogP contribution in [0.2, 0.25) is 5.02 Å². The van der Waals surface area contributed by atoms with Crippen LogP contribution < -0.4 is 10.0 Å². The summed E-state index contributed by atoms with van der Waals surface area (Å²) < 4.78 is 27.7. The second-order valence-electron chi connectivity index (χ2n) is 6.31. The van der Waals surface area contributed by atoms with E-state index in [2.05, 4.69) is 10.0 Å². The number of carbonyl (C=O) groups excluding carboxylic acids is 1. The highest BCUT2D eigenvalue weighted by Gasteiger charge is 2.17. The number of hydrogen-bond acceptors (Lipinski definition) is 3. The van der Waals surface area contributed by atoms with E-state index in [0.717, 1.165) is 5.56 Å². The highest BCUT2D eigenvalue weighted by atomic mass is 35.5. The molecule has 0 radical (unpaired) electrons. The highest BCUT2D eigenvalue weighted by Crippen LogP contribution is 2.25. The van der Waals surface area contributed by atoms with E-state index in [0.29, 0.717) is 27.5 Å². The Balaban J connectivity index is 1.87. The van der Waals surface area contributed by atoms with Crippen LogP contribution in [0.4, 0.5) is 11.4 Å². The van der Waals surface area contributed by atoms with Crippen LogP contribution in [0.25, 0.3) is 0 Å². The lowest BCUT2D eigenvalue weighted by Crippen LogP contribution is -2.16. The summed E-state index contributed by atoms with van der Waals surface area (Å²) in [6, 6.07) is 18.2. The van der Waals surface area contributed by atoms with Crippen LogP contribution in [0, 0.1) is 13.8 Å². The fraction of sp³-hybridized carbons (Fsp3) is 0.0952. The third kappa shape index (κ3) is 4.35. The molecule has 3 aromatic carbocycles.